The quantitative estimate of drug-likeness (QED) is 0.611. The van der Waals surface area contributed by atoms with Crippen LogP contribution in [0.5, 0.6) is 0 Å². The lowest BCUT2D eigenvalue weighted by Gasteiger charge is -1.77. The SMILES string of the molecule is [O-][p+]1nc2ccccc2[nH]1. The van der Waals surface area contributed by atoms with Crippen molar-refractivity contribution < 1.29 is 4.89 Å². The van der Waals surface area contributed by atoms with Crippen molar-refractivity contribution in [1.82, 2.24) is 9.49 Å². The smallest absolute Gasteiger partial charge is 0.296 e. The van der Waals surface area contributed by atoms with Crippen LogP contribution >= 0.6 is 8.08 Å². The van der Waals surface area contributed by atoms with E-state index in [0.717, 1.165) is 11.0 Å². The molecule has 50 valence electrons. The molecule has 2 aromatic rings. The van der Waals surface area contributed by atoms with Crippen LogP contribution < -0.4 is 4.89 Å². The molecule has 0 aliphatic rings. The number of para-hydroxylation sites is 1. The van der Waals surface area contributed by atoms with Crippen molar-refractivity contribution in [3.8, 4) is 0 Å². The number of benzene rings is 1. The van der Waals surface area contributed by atoms with Crippen molar-refractivity contribution >= 4 is 19.1 Å². The minimum Gasteiger partial charge on any atom is -0.590 e. The first-order chi connectivity index (χ1) is 4.86. The predicted octanol–water partition coefficient (Wildman–Crippen LogP) is 0.954. The molecular formula is C6H5N2OP. The molecule has 2 rings (SSSR count). The summed E-state index contributed by atoms with van der Waals surface area (Å²) in [6.45, 7) is 0. The van der Waals surface area contributed by atoms with Gasteiger partial charge < -0.3 is 4.89 Å². The highest BCUT2D eigenvalue weighted by atomic mass is 31.1. The van der Waals surface area contributed by atoms with Gasteiger partial charge in [0.05, 0.1) is 0 Å². The standard InChI is InChI=1S/C6H5N2OP/c9-10-7-5-3-1-2-4-6(5)8-10/h1-4H,(H,7,8). The predicted molar refractivity (Wildman–Crippen MR) is 38.6 cm³/mol. The Hall–Kier alpha value is -0.920. The molecule has 10 heavy (non-hydrogen) atoms. The fourth-order valence-corrected chi connectivity index (χ4v) is 1.70. The summed E-state index contributed by atoms with van der Waals surface area (Å²) in [5, 5.41) is 0. The number of nitrogens with zero attached hydrogens (tertiary/aromatic N) is 1. The van der Waals surface area contributed by atoms with E-state index >= 15 is 0 Å². The van der Waals surface area contributed by atoms with Gasteiger partial charge in [0.25, 0.3) is 8.08 Å². The second kappa shape index (κ2) is 2.04. The van der Waals surface area contributed by atoms with Gasteiger partial charge in [-0.2, -0.15) is 4.75 Å². The van der Waals surface area contributed by atoms with Crippen molar-refractivity contribution in [3.63, 3.8) is 0 Å². The average molecular weight is 152 g/mol. The van der Waals surface area contributed by atoms with Crippen LogP contribution in [0.2, 0.25) is 0 Å². The van der Waals surface area contributed by atoms with E-state index in [4.69, 9.17) is 0 Å². The molecule has 4 heteroatoms. The maximum atomic E-state index is 10.8. The monoisotopic (exact) mass is 152 g/mol. The van der Waals surface area contributed by atoms with Gasteiger partial charge in [-0.1, -0.05) is 12.1 Å². The minimum atomic E-state index is -1.57. The summed E-state index contributed by atoms with van der Waals surface area (Å²) in [6, 6.07) is 7.45. The Morgan fingerprint density at radius 3 is 3.00 bits per heavy atom. The van der Waals surface area contributed by atoms with Gasteiger partial charge in [-0.15, -0.1) is 0 Å². The zero-order chi connectivity index (χ0) is 6.97. The van der Waals surface area contributed by atoms with Gasteiger partial charge in [-0.05, 0) is 16.9 Å². The zero-order valence-electron chi connectivity index (χ0n) is 5.11. The van der Waals surface area contributed by atoms with Gasteiger partial charge in [0.15, 0.2) is 0 Å². The molecule has 0 radical (unpaired) electrons. The zero-order valence-corrected chi connectivity index (χ0v) is 6.01. The third-order valence-electron chi connectivity index (χ3n) is 1.32. The fraction of sp³-hybridized carbons (Fsp3) is 0. The molecule has 0 amide bonds. The van der Waals surface area contributed by atoms with Gasteiger partial charge in [0, 0.05) is 0 Å². The average Bonchev–Trinajstić information content (AvgIpc) is 2.27. The van der Waals surface area contributed by atoms with Crippen LogP contribution in [0.15, 0.2) is 24.3 Å². The molecular weight excluding hydrogens is 147 g/mol. The first-order valence-corrected chi connectivity index (χ1v) is 4.12. The van der Waals surface area contributed by atoms with Crippen LogP contribution in [0, 0.1) is 0 Å². The van der Waals surface area contributed by atoms with E-state index in [1.807, 2.05) is 24.3 Å². The largest absolute Gasteiger partial charge is 0.590 e. The normalized spacial score (nSPS) is 10.5. The Morgan fingerprint density at radius 1 is 1.40 bits per heavy atom. The second-order valence-corrected chi connectivity index (χ2v) is 2.97. The Kier molecular flexibility index (Phi) is 1.19. The number of aromatic nitrogens is 2. The van der Waals surface area contributed by atoms with E-state index in [0.29, 0.717) is 0 Å². The maximum Gasteiger partial charge on any atom is 0.296 e. The molecule has 0 saturated heterocycles. The highest BCUT2D eigenvalue weighted by molar-refractivity contribution is 7.33. The third kappa shape index (κ3) is 0.801. The van der Waals surface area contributed by atoms with E-state index < -0.39 is 8.08 Å². The molecule has 0 spiro atoms. The van der Waals surface area contributed by atoms with Crippen molar-refractivity contribution in [3.05, 3.63) is 24.3 Å². The van der Waals surface area contributed by atoms with Gasteiger partial charge in [-0.25, -0.2) is 0 Å². The summed E-state index contributed by atoms with van der Waals surface area (Å²) in [7, 11) is -1.57. The lowest BCUT2D eigenvalue weighted by molar-refractivity contribution is -0.154. The summed E-state index contributed by atoms with van der Waals surface area (Å²) < 4.78 is 6.59. The summed E-state index contributed by atoms with van der Waals surface area (Å²) in [5.74, 6) is 0. The number of fused-ring (bicyclic) bond motifs is 1. The molecule has 0 aliphatic heterocycles. The van der Waals surface area contributed by atoms with Crippen molar-refractivity contribution in [1.29, 1.82) is 0 Å². The van der Waals surface area contributed by atoms with E-state index in [1.54, 1.807) is 0 Å². The molecule has 0 saturated carbocycles. The molecule has 1 atom stereocenters. The van der Waals surface area contributed by atoms with Gasteiger partial charge in [0.2, 0.25) is 0 Å². The van der Waals surface area contributed by atoms with E-state index in [9.17, 15) is 4.89 Å². The van der Waals surface area contributed by atoms with Crippen LogP contribution in [0.1, 0.15) is 0 Å². The molecule has 1 unspecified atom stereocenters. The fourth-order valence-electron chi connectivity index (χ4n) is 0.881. The lowest BCUT2D eigenvalue weighted by Crippen LogP contribution is -1.82. The Balaban J connectivity index is 2.88. The van der Waals surface area contributed by atoms with Crippen LogP contribution in [0.25, 0.3) is 11.0 Å². The first-order valence-electron chi connectivity index (χ1n) is 2.91. The Bertz CT molecular complexity index is 324. The summed E-state index contributed by atoms with van der Waals surface area (Å²) >= 11 is 0. The molecule has 1 N–H and O–H groups in total. The maximum absolute atomic E-state index is 10.8. The molecule has 1 heterocycles. The molecule has 0 bridgehead atoms. The van der Waals surface area contributed by atoms with Crippen molar-refractivity contribution in [2.24, 2.45) is 0 Å². The number of aromatic amines is 1. The summed E-state index contributed by atoms with van der Waals surface area (Å²) in [6.07, 6.45) is 0. The lowest BCUT2D eigenvalue weighted by atomic mass is 10.3. The van der Waals surface area contributed by atoms with Crippen molar-refractivity contribution in [2.75, 3.05) is 0 Å². The van der Waals surface area contributed by atoms with Crippen LogP contribution in [-0.4, -0.2) is 9.49 Å². The van der Waals surface area contributed by atoms with Gasteiger partial charge in [-0.3, -0.25) is 0 Å². The van der Waals surface area contributed by atoms with E-state index in [-0.39, 0.29) is 0 Å². The first kappa shape index (κ1) is 5.83. The second-order valence-electron chi connectivity index (χ2n) is 2.00. The molecule has 1 aromatic carbocycles. The summed E-state index contributed by atoms with van der Waals surface area (Å²) in [4.78, 5) is 10.8. The topological polar surface area (TPSA) is 51.7 Å². The Labute approximate surface area is 58.6 Å². The molecule has 0 fully saturated rings. The number of rotatable bonds is 0. The van der Waals surface area contributed by atoms with Crippen LogP contribution in [-0.2, 0) is 0 Å². The van der Waals surface area contributed by atoms with E-state index in [1.165, 1.54) is 0 Å². The van der Waals surface area contributed by atoms with Crippen molar-refractivity contribution in [2.45, 2.75) is 0 Å². The third-order valence-corrected chi connectivity index (χ3v) is 2.15. The molecule has 1 aromatic heterocycles. The minimum absolute atomic E-state index is 0.795. The number of nitrogens with one attached hydrogen (secondary N) is 1. The number of hydrogen-bond acceptors (Lipinski definition) is 2. The summed E-state index contributed by atoms with van der Waals surface area (Å²) in [5.41, 5.74) is 1.66. The molecule has 3 nitrogen and oxygen atoms in total. The number of hydrogen-bond donors (Lipinski definition) is 1. The van der Waals surface area contributed by atoms with Gasteiger partial charge in [0.1, 0.15) is 11.0 Å². The number of H-pyrrole nitrogens is 1. The Morgan fingerprint density at radius 2 is 2.20 bits per heavy atom. The molecule has 0 aliphatic carbocycles. The highest BCUT2D eigenvalue weighted by Crippen LogP contribution is 2.16. The van der Waals surface area contributed by atoms with Crippen LogP contribution in [0.3, 0.4) is 0 Å². The van der Waals surface area contributed by atoms with Gasteiger partial charge >= 0.3 is 0 Å². The highest BCUT2D eigenvalue weighted by Gasteiger charge is 2.00. The van der Waals surface area contributed by atoms with E-state index in [2.05, 4.69) is 9.49 Å². The van der Waals surface area contributed by atoms with Crippen LogP contribution in [0.4, 0.5) is 0 Å².